The van der Waals surface area contributed by atoms with Gasteiger partial charge in [-0.2, -0.15) is 4.31 Å². The summed E-state index contributed by atoms with van der Waals surface area (Å²) in [6.07, 6.45) is -2.46. The van der Waals surface area contributed by atoms with E-state index in [1.165, 1.54) is 40.6 Å². The molecule has 1 saturated heterocycles. The van der Waals surface area contributed by atoms with Gasteiger partial charge in [-0.25, -0.2) is 13.2 Å². The molecule has 4 rings (SSSR count). The van der Waals surface area contributed by atoms with Gasteiger partial charge in [0.2, 0.25) is 15.9 Å². The molecule has 0 saturated carbocycles. The molecule has 3 amide bonds. The number of aliphatic hydroxyl groups is 1. The number of ether oxygens (including phenoxy) is 2. The lowest BCUT2D eigenvalue weighted by Crippen LogP contribution is -2.53. The van der Waals surface area contributed by atoms with Crippen LogP contribution >= 0.6 is 0 Å². The van der Waals surface area contributed by atoms with Crippen LogP contribution in [0.1, 0.15) is 36.2 Å². The number of primary amides is 1. The number of sulfonamides is 1. The van der Waals surface area contributed by atoms with E-state index in [0.29, 0.717) is 17.9 Å². The number of cyclic esters (lactones) is 1. The van der Waals surface area contributed by atoms with Gasteiger partial charge >= 0.3 is 6.09 Å². The highest BCUT2D eigenvalue weighted by Gasteiger charge is 2.39. The Balaban J connectivity index is 1.56. The molecule has 12 nitrogen and oxygen atoms in total. The number of carbonyl (C=O) groups is 3. The smallest absolute Gasteiger partial charge is 0.415 e. The number of benzene rings is 3. The molecule has 1 heterocycles. The quantitative estimate of drug-likeness (QED) is 0.225. The third-order valence-electron chi connectivity index (χ3n) is 7.94. The zero-order chi connectivity index (χ0) is 33.4. The van der Waals surface area contributed by atoms with Crippen molar-refractivity contribution in [3.63, 3.8) is 0 Å². The maximum absolute atomic E-state index is 13.8. The van der Waals surface area contributed by atoms with Gasteiger partial charge in [0.1, 0.15) is 5.75 Å². The molecule has 0 aromatic heterocycles. The summed E-state index contributed by atoms with van der Waals surface area (Å²) < 4.78 is 39.4. The van der Waals surface area contributed by atoms with Crippen LogP contribution in [0.2, 0.25) is 0 Å². The molecule has 13 heteroatoms. The number of methoxy groups -OCH3 is 1. The number of amides is 3. The first-order valence-electron chi connectivity index (χ1n) is 15.0. The van der Waals surface area contributed by atoms with Crippen molar-refractivity contribution in [3.05, 3.63) is 90.0 Å². The lowest BCUT2D eigenvalue weighted by molar-refractivity contribution is -0.129. The van der Waals surface area contributed by atoms with Crippen LogP contribution in [0.15, 0.2) is 83.8 Å². The molecule has 4 N–H and O–H groups in total. The fourth-order valence-electron chi connectivity index (χ4n) is 5.04. The third-order valence-corrected chi connectivity index (χ3v) is 9.78. The Morgan fingerprint density at radius 3 is 2.41 bits per heavy atom. The van der Waals surface area contributed by atoms with E-state index < -0.39 is 46.2 Å². The van der Waals surface area contributed by atoms with Crippen LogP contribution in [0.4, 0.5) is 10.5 Å². The first-order chi connectivity index (χ1) is 21.9. The van der Waals surface area contributed by atoms with Crippen LogP contribution in [0.3, 0.4) is 0 Å². The lowest BCUT2D eigenvalue weighted by Gasteiger charge is -2.31. The summed E-state index contributed by atoms with van der Waals surface area (Å²) in [6, 6.07) is 20.3. The van der Waals surface area contributed by atoms with Crippen molar-refractivity contribution >= 4 is 33.6 Å². The van der Waals surface area contributed by atoms with Crippen LogP contribution in [0.5, 0.6) is 5.75 Å². The summed E-state index contributed by atoms with van der Waals surface area (Å²) >= 11 is 0. The van der Waals surface area contributed by atoms with Crippen molar-refractivity contribution in [1.29, 1.82) is 0 Å². The number of carbonyl (C=O) groups excluding carboxylic acids is 3. The summed E-state index contributed by atoms with van der Waals surface area (Å²) in [4.78, 5) is 39.1. The Hall–Kier alpha value is -4.46. The highest BCUT2D eigenvalue weighted by molar-refractivity contribution is 7.89. The van der Waals surface area contributed by atoms with Gasteiger partial charge in [-0.15, -0.1) is 0 Å². The average Bonchev–Trinajstić information content (AvgIpc) is 3.46. The minimum absolute atomic E-state index is 0.0145. The molecule has 1 aliphatic rings. The molecule has 2 unspecified atom stereocenters. The molecule has 3 aromatic rings. The minimum Gasteiger partial charge on any atom is -0.497 e. The highest BCUT2D eigenvalue weighted by atomic mass is 32.2. The van der Waals surface area contributed by atoms with E-state index in [-0.39, 0.29) is 42.4 Å². The first kappa shape index (κ1) is 34.4. The molecule has 3 aromatic carbocycles. The van der Waals surface area contributed by atoms with Gasteiger partial charge in [-0.1, -0.05) is 56.7 Å². The molecule has 4 atom stereocenters. The molecule has 246 valence electrons. The second kappa shape index (κ2) is 15.2. The van der Waals surface area contributed by atoms with Gasteiger partial charge in [-0.3, -0.25) is 14.5 Å². The zero-order valence-electron chi connectivity index (χ0n) is 26.0. The Labute approximate surface area is 269 Å². The Kier molecular flexibility index (Phi) is 11.4. The van der Waals surface area contributed by atoms with E-state index >= 15 is 0 Å². The van der Waals surface area contributed by atoms with Crippen LogP contribution in [-0.4, -0.2) is 80.7 Å². The summed E-state index contributed by atoms with van der Waals surface area (Å²) in [5.74, 6) is -0.838. The van der Waals surface area contributed by atoms with Gasteiger partial charge in [0.05, 0.1) is 30.7 Å². The number of nitrogens with one attached hydrogen (secondary N) is 1. The Morgan fingerprint density at radius 1 is 1.09 bits per heavy atom. The molecule has 1 aliphatic heterocycles. The van der Waals surface area contributed by atoms with Crippen molar-refractivity contribution in [2.24, 2.45) is 11.7 Å². The summed E-state index contributed by atoms with van der Waals surface area (Å²) in [5, 5.41) is 14.4. The molecule has 46 heavy (non-hydrogen) atoms. The number of hydrogen-bond donors (Lipinski definition) is 3. The number of aliphatic hydroxyl groups excluding tert-OH is 1. The first-order valence-corrected chi connectivity index (χ1v) is 16.4. The van der Waals surface area contributed by atoms with Crippen molar-refractivity contribution in [2.45, 2.75) is 49.8 Å². The largest absolute Gasteiger partial charge is 0.497 e. The van der Waals surface area contributed by atoms with Gasteiger partial charge in [0, 0.05) is 24.3 Å². The second-order valence-electron chi connectivity index (χ2n) is 11.3. The third kappa shape index (κ3) is 8.42. The van der Waals surface area contributed by atoms with E-state index in [0.717, 1.165) is 5.56 Å². The summed E-state index contributed by atoms with van der Waals surface area (Å²) in [7, 11) is -2.55. The summed E-state index contributed by atoms with van der Waals surface area (Å²) in [5.41, 5.74) is 6.69. The normalized spacial score (nSPS) is 16.8. The topological polar surface area (TPSA) is 169 Å². The molecule has 0 radical (unpaired) electrons. The molecular formula is C33H40N4O8S. The van der Waals surface area contributed by atoms with Gasteiger partial charge < -0.3 is 25.6 Å². The van der Waals surface area contributed by atoms with Crippen LogP contribution in [0, 0.1) is 5.92 Å². The molecule has 0 spiro atoms. The van der Waals surface area contributed by atoms with E-state index in [4.69, 9.17) is 15.2 Å². The lowest BCUT2D eigenvalue weighted by atomic mass is 10.0. The average molecular weight is 653 g/mol. The van der Waals surface area contributed by atoms with E-state index in [1.807, 2.05) is 44.2 Å². The summed E-state index contributed by atoms with van der Waals surface area (Å²) in [6.45, 7) is 3.58. The molecule has 1 fully saturated rings. The fourth-order valence-corrected chi connectivity index (χ4v) is 6.62. The Bertz CT molecular complexity index is 1620. The predicted molar refractivity (Wildman–Crippen MR) is 172 cm³/mol. The van der Waals surface area contributed by atoms with Crippen molar-refractivity contribution < 1.29 is 37.4 Å². The maximum Gasteiger partial charge on any atom is 0.415 e. The number of nitrogens with two attached hydrogens (primary N) is 1. The van der Waals surface area contributed by atoms with Gasteiger partial charge in [-0.05, 0) is 60.4 Å². The van der Waals surface area contributed by atoms with Crippen molar-refractivity contribution in [3.8, 4) is 5.75 Å². The molecular weight excluding hydrogens is 612 g/mol. The highest BCUT2D eigenvalue weighted by Crippen LogP contribution is 2.25. The van der Waals surface area contributed by atoms with Crippen molar-refractivity contribution in [1.82, 2.24) is 9.62 Å². The SMILES string of the molecule is CC[C@H](C)CN(C[C@@H](O)C(Cc1ccccc1)NC(=O)C1CN(c2cccc(C(N)=O)c2)C(=O)O1)S(=O)(=O)c1ccc(OC)cc1. The predicted octanol–water partition coefficient (Wildman–Crippen LogP) is 2.94. The maximum atomic E-state index is 13.8. The Morgan fingerprint density at radius 2 is 1.78 bits per heavy atom. The van der Waals surface area contributed by atoms with Gasteiger partial charge in [0.25, 0.3) is 5.91 Å². The van der Waals surface area contributed by atoms with E-state index in [9.17, 15) is 27.9 Å². The van der Waals surface area contributed by atoms with E-state index in [1.54, 1.807) is 24.3 Å². The van der Waals surface area contributed by atoms with Gasteiger partial charge in [0.15, 0.2) is 6.10 Å². The standard InChI is InChI=1S/C33H40N4O8S/c1-4-22(2)19-36(46(42,43)27-15-13-26(44-3)14-16-27)20-29(38)28(17-23-9-6-5-7-10-23)35-32(40)30-21-37(33(41)45-30)25-12-8-11-24(18-25)31(34)39/h5-16,18,22,28-30,38H,4,17,19-21H2,1-3H3,(H2,34,39)(H,35,40)/t22-,28?,29+,30?/m0/s1. The zero-order valence-corrected chi connectivity index (χ0v) is 26.9. The number of hydrogen-bond acceptors (Lipinski definition) is 8. The van der Waals surface area contributed by atoms with Crippen LogP contribution in [-0.2, 0) is 26.0 Å². The monoisotopic (exact) mass is 652 g/mol. The molecule has 0 aliphatic carbocycles. The van der Waals surface area contributed by atoms with Crippen LogP contribution < -0.4 is 20.7 Å². The van der Waals surface area contributed by atoms with Crippen LogP contribution in [0.25, 0.3) is 0 Å². The number of anilines is 1. The molecule has 0 bridgehead atoms. The second-order valence-corrected chi connectivity index (χ2v) is 13.2. The van der Waals surface area contributed by atoms with Crippen molar-refractivity contribution in [2.75, 3.05) is 31.6 Å². The van der Waals surface area contributed by atoms with E-state index in [2.05, 4.69) is 5.32 Å². The number of rotatable bonds is 15. The minimum atomic E-state index is -4.04. The number of nitrogens with zero attached hydrogens (tertiary/aromatic N) is 2. The fraction of sp³-hybridized carbons (Fsp3) is 0.364.